The van der Waals surface area contributed by atoms with Crippen LogP contribution in [0.3, 0.4) is 0 Å². The maximum atomic E-state index is 3.20. The van der Waals surface area contributed by atoms with Crippen LogP contribution in [0.2, 0.25) is 0 Å². The first-order valence-corrected chi connectivity index (χ1v) is 5.58. The molecule has 0 amide bonds. The van der Waals surface area contributed by atoms with E-state index >= 15 is 0 Å². The van der Waals surface area contributed by atoms with Gasteiger partial charge in [-0.05, 0) is 0 Å². The van der Waals surface area contributed by atoms with E-state index in [0.29, 0.717) is 0 Å². The predicted octanol–water partition coefficient (Wildman–Crippen LogP) is 1.50. The Labute approximate surface area is 72.2 Å². The third-order valence-electron chi connectivity index (χ3n) is 0.780. The quantitative estimate of drug-likeness (QED) is 0.458. The Morgan fingerprint density at radius 1 is 0.900 bits per heavy atom. The Kier molecular flexibility index (Phi) is 10.2. The Morgan fingerprint density at radius 3 is 1.60 bits per heavy atom. The van der Waals surface area contributed by atoms with E-state index in [1.807, 2.05) is 0 Å². The Bertz CT molecular complexity index is 53.7. The van der Waals surface area contributed by atoms with Crippen LogP contribution in [-0.2, 0) is 0 Å². The topological polar surface area (TPSA) is 24.1 Å². The minimum absolute atomic E-state index is 1.05. The number of hydrogen-bond acceptors (Lipinski definition) is 4. The van der Waals surface area contributed by atoms with E-state index in [1.165, 1.54) is 11.5 Å². The van der Waals surface area contributed by atoms with Crippen LogP contribution in [0.1, 0.15) is 13.8 Å². The highest BCUT2D eigenvalue weighted by Crippen LogP contribution is 1.98. The van der Waals surface area contributed by atoms with E-state index in [9.17, 15) is 0 Å². The molecule has 0 aliphatic carbocycles. The van der Waals surface area contributed by atoms with E-state index in [2.05, 4.69) is 23.3 Å². The van der Waals surface area contributed by atoms with Gasteiger partial charge in [-0.1, -0.05) is 37.7 Å². The zero-order valence-corrected chi connectivity index (χ0v) is 8.28. The second-order valence-electron chi connectivity index (χ2n) is 1.69. The van der Waals surface area contributed by atoms with Crippen molar-refractivity contribution in [3.63, 3.8) is 0 Å². The highest BCUT2D eigenvalue weighted by molar-refractivity contribution is 8.01. The molecule has 0 aliphatic heterocycles. The van der Waals surface area contributed by atoms with Gasteiger partial charge in [0.1, 0.15) is 0 Å². The lowest BCUT2D eigenvalue weighted by molar-refractivity contribution is 1.03. The average molecular weight is 180 g/mol. The van der Waals surface area contributed by atoms with Crippen molar-refractivity contribution in [2.45, 2.75) is 13.8 Å². The summed E-state index contributed by atoms with van der Waals surface area (Å²) in [5.74, 6) is 2.34. The largest absolute Gasteiger partial charge is 0.264 e. The molecule has 0 bridgehead atoms. The standard InChI is InChI=1S/C6H16N2S2/c1-3-7-9-5-6-10-8-4-2/h7-8H,3-6H2,1-2H3. The summed E-state index contributed by atoms with van der Waals surface area (Å²) >= 11 is 3.59. The van der Waals surface area contributed by atoms with E-state index in [-0.39, 0.29) is 0 Å². The van der Waals surface area contributed by atoms with Crippen LogP contribution in [0.25, 0.3) is 0 Å². The van der Waals surface area contributed by atoms with Gasteiger partial charge in [0.2, 0.25) is 0 Å². The molecule has 0 heterocycles. The normalized spacial score (nSPS) is 10.2. The lowest BCUT2D eigenvalue weighted by atomic mass is 10.8. The second kappa shape index (κ2) is 9.62. The lowest BCUT2D eigenvalue weighted by Gasteiger charge is -2.00. The smallest absolute Gasteiger partial charge is 0.0182 e. The maximum absolute atomic E-state index is 3.20. The summed E-state index contributed by atoms with van der Waals surface area (Å²) in [5, 5.41) is 0. The van der Waals surface area contributed by atoms with Gasteiger partial charge in [-0.2, -0.15) is 0 Å². The van der Waals surface area contributed by atoms with E-state index in [0.717, 1.165) is 13.1 Å². The van der Waals surface area contributed by atoms with Gasteiger partial charge in [0.25, 0.3) is 0 Å². The fraction of sp³-hybridized carbons (Fsp3) is 1.00. The van der Waals surface area contributed by atoms with Gasteiger partial charge in [0.15, 0.2) is 0 Å². The molecule has 0 unspecified atom stereocenters. The first kappa shape index (κ1) is 10.6. The zero-order chi connectivity index (χ0) is 7.66. The molecule has 0 rings (SSSR count). The van der Waals surface area contributed by atoms with E-state index in [1.54, 1.807) is 23.9 Å². The van der Waals surface area contributed by atoms with Crippen molar-refractivity contribution in [2.75, 3.05) is 24.6 Å². The number of hydrogen-bond donors (Lipinski definition) is 2. The molecular formula is C6H16N2S2. The Hall–Kier alpha value is 0.620. The minimum atomic E-state index is 1.05. The molecular weight excluding hydrogens is 164 g/mol. The van der Waals surface area contributed by atoms with Gasteiger partial charge in [-0.25, -0.2) is 0 Å². The lowest BCUT2D eigenvalue weighted by Crippen LogP contribution is -2.06. The van der Waals surface area contributed by atoms with Crippen LogP contribution in [0.5, 0.6) is 0 Å². The van der Waals surface area contributed by atoms with Crippen LogP contribution in [-0.4, -0.2) is 24.6 Å². The molecule has 2 N–H and O–H groups in total. The molecule has 10 heavy (non-hydrogen) atoms. The van der Waals surface area contributed by atoms with Crippen LogP contribution in [0.15, 0.2) is 0 Å². The van der Waals surface area contributed by atoms with Crippen molar-refractivity contribution in [2.24, 2.45) is 0 Å². The molecule has 0 fully saturated rings. The van der Waals surface area contributed by atoms with Gasteiger partial charge >= 0.3 is 0 Å². The zero-order valence-electron chi connectivity index (χ0n) is 6.64. The summed E-state index contributed by atoms with van der Waals surface area (Å²) in [4.78, 5) is 0. The van der Waals surface area contributed by atoms with Gasteiger partial charge < -0.3 is 0 Å². The molecule has 0 saturated carbocycles. The molecule has 62 valence electrons. The van der Waals surface area contributed by atoms with Crippen LogP contribution < -0.4 is 9.44 Å². The first-order valence-electron chi connectivity index (χ1n) is 3.61. The highest BCUT2D eigenvalue weighted by Gasteiger charge is 1.86. The van der Waals surface area contributed by atoms with Gasteiger partial charge in [0.05, 0.1) is 0 Å². The molecule has 0 radical (unpaired) electrons. The van der Waals surface area contributed by atoms with Crippen LogP contribution in [0.4, 0.5) is 0 Å². The number of rotatable bonds is 7. The van der Waals surface area contributed by atoms with Crippen molar-refractivity contribution >= 4 is 23.9 Å². The molecule has 2 nitrogen and oxygen atoms in total. The summed E-state index contributed by atoms with van der Waals surface area (Å²) in [6.07, 6.45) is 0. The van der Waals surface area contributed by atoms with Crippen molar-refractivity contribution in [1.82, 2.24) is 9.44 Å². The second-order valence-corrected chi connectivity index (χ2v) is 3.66. The summed E-state index contributed by atoms with van der Waals surface area (Å²) in [7, 11) is 0. The highest BCUT2D eigenvalue weighted by atomic mass is 32.2. The first-order chi connectivity index (χ1) is 4.91. The van der Waals surface area contributed by atoms with Crippen LogP contribution in [0, 0.1) is 0 Å². The third kappa shape index (κ3) is 8.62. The summed E-state index contributed by atoms with van der Waals surface area (Å²) < 4.78 is 6.40. The molecule has 0 aromatic heterocycles. The monoisotopic (exact) mass is 180 g/mol. The Morgan fingerprint density at radius 2 is 1.30 bits per heavy atom. The minimum Gasteiger partial charge on any atom is -0.264 e. The van der Waals surface area contributed by atoms with E-state index < -0.39 is 0 Å². The molecule has 4 heteroatoms. The molecule has 0 spiro atoms. The summed E-state index contributed by atoms with van der Waals surface area (Å²) in [6.45, 7) is 6.34. The molecule has 0 aromatic rings. The van der Waals surface area contributed by atoms with E-state index in [4.69, 9.17) is 0 Å². The molecule has 0 saturated heterocycles. The van der Waals surface area contributed by atoms with Gasteiger partial charge in [0, 0.05) is 24.6 Å². The summed E-state index contributed by atoms with van der Waals surface area (Å²) in [5.41, 5.74) is 0. The average Bonchev–Trinajstić information content (AvgIpc) is 1.97. The third-order valence-corrected chi connectivity index (χ3v) is 2.84. The van der Waals surface area contributed by atoms with Crippen molar-refractivity contribution in [3.05, 3.63) is 0 Å². The Balaban J connectivity index is 2.65. The maximum Gasteiger partial charge on any atom is 0.0182 e. The fourth-order valence-electron chi connectivity index (χ4n) is 0.432. The SMILES string of the molecule is CCNSCCSNCC. The molecule has 0 atom stereocenters. The van der Waals surface area contributed by atoms with Gasteiger partial charge in [-0.15, -0.1) is 0 Å². The van der Waals surface area contributed by atoms with Crippen molar-refractivity contribution in [3.8, 4) is 0 Å². The summed E-state index contributed by atoms with van der Waals surface area (Å²) in [6, 6.07) is 0. The molecule has 0 aromatic carbocycles. The molecule has 0 aliphatic rings. The van der Waals surface area contributed by atoms with Gasteiger partial charge in [-0.3, -0.25) is 9.44 Å². The van der Waals surface area contributed by atoms with Crippen molar-refractivity contribution < 1.29 is 0 Å². The number of nitrogens with one attached hydrogen (secondary N) is 2. The predicted molar refractivity (Wildman–Crippen MR) is 52.3 cm³/mol. The van der Waals surface area contributed by atoms with Crippen LogP contribution >= 0.6 is 23.9 Å². The van der Waals surface area contributed by atoms with Crippen molar-refractivity contribution in [1.29, 1.82) is 0 Å². The fourth-order valence-corrected chi connectivity index (χ4v) is 1.80.